The zero-order valence-corrected chi connectivity index (χ0v) is 15.4. The third-order valence-electron chi connectivity index (χ3n) is 8.67. The van der Waals surface area contributed by atoms with Crippen molar-refractivity contribution in [3.05, 3.63) is 70.8 Å². The predicted octanol–water partition coefficient (Wildman–Crippen LogP) is 6.12. The van der Waals surface area contributed by atoms with Crippen LogP contribution < -0.4 is 0 Å². The fourth-order valence-electron chi connectivity index (χ4n) is 8.66. The number of hydrogen-bond donors (Lipinski definition) is 0. The van der Waals surface area contributed by atoms with Gasteiger partial charge in [-0.25, -0.2) is 0 Å². The first-order chi connectivity index (χ1) is 11.7. The lowest BCUT2D eigenvalue weighted by Crippen LogP contribution is -2.35. The van der Waals surface area contributed by atoms with Crippen LogP contribution in [0.5, 0.6) is 0 Å². The van der Waals surface area contributed by atoms with Crippen LogP contribution in [0.4, 0.5) is 0 Å². The predicted molar refractivity (Wildman–Crippen MR) is 101 cm³/mol. The van der Waals surface area contributed by atoms with E-state index in [1.165, 1.54) is 25.7 Å². The van der Waals surface area contributed by atoms with E-state index in [-0.39, 0.29) is 5.41 Å². The third-order valence-corrected chi connectivity index (χ3v) is 8.67. The van der Waals surface area contributed by atoms with Crippen LogP contribution in [0.15, 0.2) is 48.5 Å². The van der Waals surface area contributed by atoms with Gasteiger partial charge in [0.15, 0.2) is 0 Å². The minimum atomic E-state index is 0.223. The van der Waals surface area contributed by atoms with Crippen molar-refractivity contribution in [2.45, 2.75) is 69.6 Å². The average molecular weight is 316 g/mol. The molecule has 0 saturated heterocycles. The monoisotopic (exact) mass is 316 g/mol. The zero-order chi connectivity index (χ0) is 16.8. The molecule has 2 unspecified atom stereocenters. The summed E-state index contributed by atoms with van der Waals surface area (Å²) in [6.07, 6.45) is 5.04. The molecular formula is C24H28. The number of fused-ring (bicyclic) bond motifs is 7. The minimum Gasteiger partial charge on any atom is -0.0647 e. The lowest BCUT2D eigenvalue weighted by atomic mass is 9.64. The number of benzene rings is 2. The lowest BCUT2D eigenvalue weighted by molar-refractivity contribution is 0.251. The van der Waals surface area contributed by atoms with E-state index in [2.05, 4.69) is 76.2 Å². The van der Waals surface area contributed by atoms with E-state index in [4.69, 9.17) is 0 Å². The Kier molecular flexibility index (Phi) is 2.55. The van der Waals surface area contributed by atoms with Gasteiger partial charge in [0.25, 0.3) is 0 Å². The normalized spacial score (nSPS) is 40.2. The van der Waals surface area contributed by atoms with Crippen LogP contribution in [0.25, 0.3) is 0 Å². The molecule has 0 N–H and O–H groups in total. The molecule has 0 aromatic heterocycles. The van der Waals surface area contributed by atoms with E-state index < -0.39 is 0 Å². The SMILES string of the molecule is CCC12c3ccccc3[C@@]3(CC)C1(CC)[C@@]3(CC)c1ccccc12. The average Bonchev–Trinajstić information content (AvgIpc) is 3.04. The Labute approximate surface area is 146 Å². The number of hydrogen-bond acceptors (Lipinski definition) is 0. The van der Waals surface area contributed by atoms with Crippen LogP contribution in [-0.4, -0.2) is 0 Å². The first kappa shape index (κ1) is 14.8. The molecule has 2 aromatic rings. The van der Waals surface area contributed by atoms with Gasteiger partial charge in [-0.15, -0.1) is 0 Å². The van der Waals surface area contributed by atoms with Crippen molar-refractivity contribution in [1.29, 1.82) is 0 Å². The molecule has 4 atom stereocenters. The zero-order valence-electron chi connectivity index (χ0n) is 15.4. The van der Waals surface area contributed by atoms with Gasteiger partial charge < -0.3 is 0 Å². The van der Waals surface area contributed by atoms with Crippen LogP contribution in [0.1, 0.15) is 75.6 Å². The van der Waals surface area contributed by atoms with Crippen LogP contribution in [0, 0.1) is 5.41 Å². The Morgan fingerprint density at radius 1 is 0.542 bits per heavy atom. The lowest BCUT2D eigenvalue weighted by Gasteiger charge is -2.38. The van der Waals surface area contributed by atoms with E-state index in [0.29, 0.717) is 16.2 Å². The van der Waals surface area contributed by atoms with Gasteiger partial charge in [-0.3, -0.25) is 0 Å². The first-order valence-electron chi connectivity index (χ1n) is 9.90. The summed E-state index contributed by atoms with van der Waals surface area (Å²) in [4.78, 5) is 0. The summed E-state index contributed by atoms with van der Waals surface area (Å²) < 4.78 is 0. The molecule has 0 nitrogen and oxygen atoms in total. The largest absolute Gasteiger partial charge is 0.0647 e. The Balaban J connectivity index is 2.02. The second-order valence-electron chi connectivity index (χ2n) is 8.13. The van der Waals surface area contributed by atoms with Crippen LogP contribution in [-0.2, 0) is 16.2 Å². The second-order valence-corrected chi connectivity index (χ2v) is 8.13. The third kappa shape index (κ3) is 0.944. The topological polar surface area (TPSA) is 0 Å². The second kappa shape index (κ2) is 4.15. The maximum absolute atomic E-state index is 2.46. The highest BCUT2D eigenvalue weighted by Crippen LogP contribution is 2.96. The molecule has 0 spiro atoms. The first-order valence-corrected chi connectivity index (χ1v) is 9.90. The van der Waals surface area contributed by atoms with E-state index in [0.717, 1.165) is 0 Å². The smallest absolute Gasteiger partial charge is 0.0280 e. The summed E-state index contributed by atoms with van der Waals surface area (Å²) in [5.41, 5.74) is 7.95. The highest BCUT2D eigenvalue weighted by atomic mass is 15.0. The van der Waals surface area contributed by atoms with Gasteiger partial charge in [-0.2, -0.15) is 0 Å². The van der Waals surface area contributed by atoms with Crippen molar-refractivity contribution < 1.29 is 0 Å². The van der Waals surface area contributed by atoms with Crippen LogP contribution >= 0.6 is 0 Å². The van der Waals surface area contributed by atoms with E-state index in [9.17, 15) is 0 Å². The van der Waals surface area contributed by atoms with Crippen molar-refractivity contribution in [3.8, 4) is 0 Å². The molecule has 0 radical (unpaired) electrons. The Morgan fingerprint density at radius 3 is 1.29 bits per heavy atom. The summed E-state index contributed by atoms with van der Waals surface area (Å²) in [6.45, 7) is 9.78. The van der Waals surface area contributed by atoms with Crippen molar-refractivity contribution in [2.24, 2.45) is 5.41 Å². The van der Waals surface area contributed by atoms with Crippen LogP contribution in [0.2, 0.25) is 0 Å². The van der Waals surface area contributed by atoms with Crippen molar-refractivity contribution >= 4 is 0 Å². The van der Waals surface area contributed by atoms with Gasteiger partial charge in [-0.1, -0.05) is 76.2 Å². The molecule has 2 aromatic carbocycles. The molecule has 124 valence electrons. The fourth-order valence-corrected chi connectivity index (χ4v) is 8.66. The molecule has 1 saturated carbocycles. The Morgan fingerprint density at radius 2 is 0.958 bits per heavy atom. The summed E-state index contributed by atoms with van der Waals surface area (Å²) in [5, 5.41) is 0. The molecule has 5 rings (SSSR count). The summed E-state index contributed by atoms with van der Waals surface area (Å²) in [5.74, 6) is 0. The van der Waals surface area contributed by atoms with Gasteiger partial charge in [0.05, 0.1) is 0 Å². The van der Waals surface area contributed by atoms with Gasteiger partial charge >= 0.3 is 0 Å². The van der Waals surface area contributed by atoms with Gasteiger partial charge in [0, 0.05) is 21.7 Å². The fraction of sp³-hybridized carbons (Fsp3) is 0.500. The van der Waals surface area contributed by atoms with Gasteiger partial charge in [0.1, 0.15) is 0 Å². The van der Waals surface area contributed by atoms with Crippen LogP contribution in [0.3, 0.4) is 0 Å². The molecule has 0 heterocycles. The van der Waals surface area contributed by atoms with Crippen molar-refractivity contribution in [2.75, 3.05) is 0 Å². The molecule has 0 amide bonds. The van der Waals surface area contributed by atoms with Crippen molar-refractivity contribution in [3.63, 3.8) is 0 Å². The summed E-state index contributed by atoms with van der Waals surface area (Å²) >= 11 is 0. The van der Waals surface area contributed by atoms with E-state index >= 15 is 0 Å². The number of rotatable bonds is 4. The Hall–Kier alpha value is -1.56. The molecule has 24 heavy (non-hydrogen) atoms. The maximum atomic E-state index is 2.46. The quantitative estimate of drug-likeness (QED) is 0.638. The maximum Gasteiger partial charge on any atom is 0.0280 e. The van der Waals surface area contributed by atoms with E-state index in [1.54, 1.807) is 22.3 Å². The highest BCUT2D eigenvalue weighted by molar-refractivity contribution is 5.79. The van der Waals surface area contributed by atoms with Crippen molar-refractivity contribution in [1.82, 2.24) is 0 Å². The van der Waals surface area contributed by atoms with Gasteiger partial charge in [0.2, 0.25) is 0 Å². The van der Waals surface area contributed by atoms with Gasteiger partial charge in [-0.05, 0) is 47.9 Å². The molecule has 3 aliphatic carbocycles. The molecule has 0 aliphatic heterocycles. The standard InChI is InChI=1S/C24H28/c1-5-21-17-13-9-11-15-19(17)22(6-2)23(7-3,24(21,22)8-4)20-16-12-10-14-18(20)21/h9-16H,5-8H2,1-4H3/t21?,22-,23+,24?. The summed E-state index contributed by atoms with van der Waals surface area (Å²) in [6, 6.07) is 18.9. The molecule has 3 aliphatic rings. The molecular weight excluding hydrogens is 288 g/mol. The van der Waals surface area contributed by atoms with E-state index in [1.807, 2.05) is 0 Å². The molecule has 0 bridgehead atoms. The molecule has 0 heteroatoms. The Bertz CT molecular complexity index is 783. The minimum absolute atomic E-state index is 0.223. The summed E-state index contributed by atoms with van der Waals surface area (Å²) in [7, 11) is 0. The highest BCUT2D eigenvalue weighted by Gasteiger charge is 2.96. The molecule has 1 fully saturated rings.